The molecule has 1 N–H and O–H groups in total. The summed E-state index contributed by atoms with van der Waals surface area (Å²) in [4.78, 5) is 6.90. The van der Waals surface area contributed by atoms with Crippen molar-refractivity contribution in [3.63, 3.8) is 0 Å². The minimum absolute atomic E-state index is 0.732. The smallest absolute Gasteiger partial charge is 0.193 e. The fourth-order valence-electron chi connectivity index (χ4n) is 2.81. The highest BCUT2D eigenvalue weighted by Gasteiger charge is 2.21. The Morgan fingerprint density at radius 1 is 1.33 bits per heavy atom. The third-order valence-electron chi connectivity index (χ3n) is 4.64. The second-order valence-corrected chi connectivity index (χ2v) is 7.05. The molecule has 1 aliphatic rings. The molecule has 1 aromatic heterocycles. The van der Waals surface area contributed by atoms with Gasteiger partial charge in [-0.3, -0.25) is 4.99 Å². The van der Waals surface area contributed by atoms with Crippen LogP contribution in [0, 0.1) is 5.92 Å². The lowest BCUT2D eigenvalue weighted by molar-refractivity contribution is 0.115. The molecule has 6 nitrogen and oxygen atoms in total. The fourth-order valence-corrected chi connectivity index (χ4v) is 2.81. The Balaban J connectivity index is 1.46. The lowest BCUT2D eigenvalue weighted by Crippen LogP contribution is -2.40. The van der Waals surface area contributed by atoms with Crippen molar-refractivity contribution in [3.8, 4) is 5.69 Å². The van der Waals surface area contributed by atoms with Crippen LogP contribution in [0.3, 0.4) is 0 Å². The van der Waals surface area contributed by atoms with Crippen LogP contribution in [0.25, 0.3) is 5.69 Å². The summed E-state index contributed by atoms with van der Waals surface area (Å²) in [5, 5.41) is 7.81. The molecular formula is C21H31N5O. The molecule has 3 rings (SSSR count). The van der Waals surface area contributed by atoms with Crippen LogP contribution in [0.5, 0.6) is 0 Å². The molecule has 2 aromatic rings. The first-order chi connectivity index (χ1) is 13.3. The van der Waals surface area contributed by atoms with Gasteiger partial charge < -0.3 is 15.0 Å². The van der Waals surface area contributed by atoms with E-state index in [2.05, 4.69) is 47.6 Å². The molecular weight excluding hydrogens is 338 g/mol. The van der Waals surface area contributed by atoms with Crippen LogP contribution in [0.1, 0.15) is 25.3 Å². The average molecular weight is 370 g/mol. The van der Waals surface area contributed by atoms with E-state index in [0.29, 0.717) is 0 Å². The van der Waals surface area contributed by atoms with Gasteiger partial charge in [0, 0.05) is 39.5 Å². The monoisotopic (exact) mass is 369 g/mol. The van der Waals surface area contributed by atoms with Gasteiger partial charge in [0.1, 0.15) is 0 Å². The SMILES string of the molecule is CCNC(=NCCc1cnn(-c2ccccc2)c1)N(C)CCOCC1CC1. The van der Waals surface area contributed by atoms with E-state index < -0.39 is 0 Å². The number of likely N-dealkylation sites (N-methyl/N-ethyl adjacent to an activating group) is 1. The van der Waals surface area contributed by atoms with Gasteiger partial charge >= 0.3 is 0 Å². The zero-order valence-corrected chi connectivity index (χ0v) is 16.5. The number of guanidine groups is 1. The highest BCUT2D eigenvalue weighted by molar-refractivity contribution is 5.79. The number of nitrogens with zero attached hydrogens (tertiary/aromatic N) is 4. The van der Waals surface area contributed by atoms with Crippen LogP contribution in [-0.4, -0.2) is 60.5 Å². The molecule has 27 heavy (non-hydrogen) atoms. The molecule has 0 amide bonds. The van der Waals surface area contributed by atoms with Crippen molar-refractivity contribution in [3.05, 3.63) is 48.3 Å². The Labute approximate surface area is 162 Å². The van der Waals surface area contributed by atoms with E-state index >= 15 is 0 Å². The van der Waals surface area contributed by atoms with Gasteiger partial charge in [-0.05, 0) is 49.8 Å². The number of rotatable bonds is 10. The van der Waals surface area contributed by atoms with Crippen molar-refractivity contribution < 1.29 is 4.74 Å². The molecule has 1 fully saturated rings. The van der Waals surface area contributed by atoms with Crippen LogP contribution in [0.4, 0.5) is 0 Å². The maximum atomic E-state index is 5.74. The van der Waals surface area contributed by atoms with Crippen molar-refractivity contribution in [1.29, 1.82) is 0 Å². The minimum Gasteiger partial charge on any atom is -0.379 e. The van der Waals surface area contributed by atoms with Crippen molar-refractivity contribution >= 4 is 5.96 Å². The van der Waals surface area contributed by atoms with Crippen LogP contribution in [0.15, 0.2) is 47.7 Å². The lowest BCUT2D eigenvalue weighted by Gasteiger charge is -2.22. The Morgan fingerprint density at radius 2 is 2.15 bits per heavy atom. The number of aromatic nitrogens is 2. The Morgan fingerprint density at radius 3 is 2.89 bits per heavy atom. The third-order valence-corrected chi connectivity index (χ3v) is 4.64. The van der Waals surface area contributed by atoms with Gasteiger partial charge in [0.15, 0.2) is 5.96 Å². The summed E-state index contributed by atoms with van der Waals surface area (Å²) in [6.45, 7) is 6.20. The minimum atomic E-state index is 0.732. The summed E-state index contributed by atoms with van der Waals surface area (Å²) in [7, 11) is 2.06. The lowest BCUT2D eigenvalue weighted by atomic mass is 10.2. The number of ether oxygens (including phenoxy) is 1. The number of benzene rings is 1. The maximum Gasteiger partial charge on any atom is 0.193 e. The zero-order valence-electron chi connectivity index (χ0n) is 16.5. The molecule has 0 bridgehead atoms. The van der Waals surface area contributed by atoms with E-state index in [0.717, 1.165) is 56.8 Å². The summed E-state index contributed by atoms with van der Waals surface area (Å²) in [5.41, 5.74) is 2.26. The predicted octanol–water partition coefficient (Wildman–Crippen LogP) is 2.74. The molecule has 1 aliphatic carbocycles. The first-order valence-electron chi connectivity index (χ1n) is 9.92. The van der Waals surface area contributed by atoms with Gasteiger partial charge in [-0.25, -0.2) is 4.68 Å². The van der Waals surface area contributed by atoms with Gasteiger partial charge in [-0.2, -0.15) is 5.10 Å². The van der Waals surface area contributed by atoms with Gasteiger partial charge in [-0.15, -0.1) is 0 Å². The van der Waals surface area contributed by atoms with Gasteiger partial charge in [0.2, 0.25) is 0 Å². The third kappa shape index (κ3) is 6.40. The van der Waals surface area contributed by atoms with Gasteiger partial charge in [0.25, 0.3) is 0 Å². The molecule has 1 aromatic carbocycles. The summed E-state index contributed by atoms with van der Waals surface area (Å²) in [6, 6.07) is 10.2. The number of hydrogen-bond donors (Lipinski definition) is 1. The average Bonchev–Trinajstić information content (AvgIpc) is 3.40. The number of para-hydroxylation sites is 1. The van der Waals surface area contributed by atoms with Crippen LogP contribution < -0.4 is 5.32 Å². The highest BCUT2D eigenvalue weighted by atomic mass is 16.5. The number of hydrogen-bond acceptors (Lipinski definition) is 3. The molecule has 1 heterocycles. The van der Waals surface area contributed by atoms with Crippen LogP contribution in [0.2, 0.25) is 0 Å². The fraction of sp³-hybridized carbons (Fsp3) is 0.524. The summed E-state index contributed by atoms with van der Waals surface area (Å²) in [5.74, 6) is 1.75. The highest BCUT2D eigenvalue weighted by Crippen LogP contribution is 2.28. The van der Waals surface area contributed by atoms with Crippen molar-refractivity contribution in [2.75, 3.05) is 39.9 Å². The predicted molar refractivity (Wildman–Crippen MR) is 109 cm³/mol. The number of nitrogens with one attached hydrogen (secondary N) is 1. The molecule has 0 unspecified atom stereocenters. The van der Waals surface area contributed by atoms with Crippen LogP contribution in [-0.2, 0) is 11.2 Å². The van der Waals surface area contributed by atoms with E-state index in [-0.39, 0.29) is 0 Å². The van der Waals surface area contributed by atoms with E-state index in [1.165, 1.54) is 18.4 Å². The second kappa shape index (κ2) is 10.1. The first-order valence-corrected chi connectivity index (χ1v) is 9.92. The van der Waals surface area contributed by atoms with Gasteiger partial charge in [-0.1, -0.05) is 18.2 Å². The summed E-state index contributed by atoms with van der Waals surface area (Å²) < 4.78 is 7.65. The van der Waals surface area contributed by atoms with Gasteiger partial charge in [0.05, 0.1) is 18.5 Å². The molecule has 0 aliphatic heterocycles. The number of aliphatic imine (C=N–C) groups is 1. The summed E-state index contributed by atoms with van der Waals surface area (Å²) >= 11 is 0. The molecule has 0 radical (unpaired) electrons. The van der Waals surface area contributed by atoms with E-state index in [4.69, 9.17) is 9.73 Å². The Bertz CT molecular complexity index is 708. The molecule has 0 saturated heterocycles. The van der Waals surface area contributed by atoms with Crippen LogP contribution >= 0.6 is 0 Å². The molecule has 6 heteroatoms. The second-order valence-electron chi connectivity index (χ2n) is 7.05. The first kappa shape index (κ1) is 19.4. The van der Waals surface area contributed by atoms with E-state index in [9.17, 15) is 0 Å². The maximum absolute atomic E-state index is 5.74. The molecule has 146 valence electrons. The van der Waals surface area contributed by atoms with Crippen molar-refractivity contribution in [2.24, 2.45) is 10.9 Å². The van der Waals surface area contributed by atoms with Crippen molar-refractivity contribution in [1.82, 2.24) is 20.0 Å². The molecule has 0 spiro atoms. The largest absolute Gasteiger partial charge is 0.379 e. The molecule has 0 atom stereocenters. The normalized spacial score (nSPS) is 14.4. The standard InChI is InChI=1S/C21H31N5O/c1-3-22-21(25(2)13-14-27-17-18-9-10-18)23-12-11-19-15-24-26(16-19)20-7-5-4-6-8-20/h4-8,15-16,18H,3,9-14,17H2,1-2H3,(H,22,23). The Kier molecular flexibility index (Phi) is 7.27. The summed E-state index contributed by atoms with van der Waals surface area (Å²) in [6.07, 6.45) is 7.54. The van der Waals surface area contributed by atoms with Crippen molar-refractivity contribution in [2.45, 2.75) is 26.2 Å². The topological polar surface area (TPSA) is 54.7 Å². The van der Waals surface area contributed by atoms with E-state index in [1.54, 1.807) is 0 Å². The Hall–Kier alpha value is -2.34. The molecule has 1 saturated carbocycles. The zero-order chi connectivity index (χ0) is 18.9. The van der Waals surface area contributed by atoms with E-state index in [1.807, 2.05) is 29.1 Å². The quantitative estimate of drug-likeness (QED) is 0.397.